The molecule has 2 heterocycles. The molecular formula is C8H6N4O4S. The Morgan fingerprint density at radius 2 is 2.29 bits per heavy atom. The molecule has 8 nitrogen and oxygen atoms in total. The van der Waals surface area contributed by atoms with E-state index in [0.717, 1.165) is 10.8 Å². The Morgan fingerprint density at radius 3 is 2.88 bits per heavy atom. The zero-order valence-electron chi connectivity index (χ0n) is 8.32. The lowest BCUT2D eigenvalue weighted by Gasteiger charge is -2.01. The van der Waals surface area contributed by atoms with Gasteiger partial charge in [0.15, 0.2) is 0 Å². The van der Waals surface area contributed by atoms with Gasteiger partial charge in [-0.05, 0) is 0 Å². The fourth-order valence-corrected chi connectivity index (χ4v) is 1.84. The molecule has 0 aliphatic rings. The van der Waals surface area contributed by atoms with E-state index >= 15 is 0 Å². The average molecular weight is 254 g/mol. The molecule has 2 rings (SSSR count). The van der Waals surface area contributed by atoms with Crippen LogP contribution in [0, 0.1) is 10.1 Å². The number of nitrogens with zero attached hydrogens (tertiary/aromatic N) is 3. The number of aromatic amines is 1. The summed E-state index contributed by atoms with van der Waals surface area (Å²) in [4.78, 5) is 38.1. The van der Waals surface area contributed by atoms with Crippen LogP contribution in [0.2, 0.25) is 0 Å². The molecule has 0 fully saturated rings. The fraction of sp³-hybridized carbons (Fsp3) is 0.125. The Balaban J connectivity index is 2.47. The van der Waals surface area contributed by atoms with Crippen molar-refractivity contribution >= 4 is 17.0 Å². The van der Waals surface area contributed by atoms with E-state index in [1.807, 2.05) is 4.98 Å². The summed E-state index contributed by atoms with van der Waals surface area (Å²) in [7, 11) is 0. The first kappa shape index (κ1) is 11.2. The van der Waals surface area contributed by atoms with Crippen molar-refractivity contribution in [2.24, 2.45) is 0 Å². The molecule has 0 aromatic carbocycles. The number of rotatable bonds is 3. The molecule has 0 bridgehead atoms. The zero-order chi connectivity index (χ0) is 12.4. The third-order valence-electron chi connectivity index (χ3n) is 1.98. The summed E-state index contributed by atoms with van der Waals surface area (Å²) in [5.74, 6) is 0. The molecule has 2 aromatic heterocycles. The van der Waals surface area contributed by atoms with Gasteiger partial charge in [-0.15, -0.1) is 11.3 Å². The number of aromatic nitrogens is 3. The number of nitro groups is 1. The number of hydrogen-bond acceptors (Lipinski definition) is 6. The van der Waals surface area contributed by atoms with Crippen LogP contribution in [0.3, 0.4) is 0 Å². The minimum absolute atomic E-state index is 0.0914. The van der Waals surface area contributed by atoms with Gasteiger partial charge < -0.3 is 0 Å². The van der Waals surface area contributed by atoms with Gasteiger partial charge in [0.2, 0.25) is 0 Å². The van der Waals surface area contributed by atoms with E-state index in [9.17, 15) is 19.7 Å². The second-order valence-corrected chi connectivity index (χ2v) is 4.06. The van der Waals surface area contributed by atoms with E-state index in [0.29, 0.717) is 5.01 Å². The fourth-order valence-electron chi connectivity index (χ4n) is 1.22. The van der Waals surface area contributed by atoms with Crippen molar-refractivity contribution in [2.45, 2.75) is 6.54 Å². The van der Waals surface area contributed by atoms with Crippen LogP contribution in [0.25, 0.3) is 0 Å². The number of hydrogen-bond donors (Lipinski definition) is 1. The lowest BCUT2D eigenvalue weighted by atomic mass is 10.5. The SMILES string of the molecule is O=c1[nH]c(=O)n(Cc2nccs2)cc1[N+](=O)[O-]. The highest BCUT2D eigenvalue weighted by atomic mass is 32.1. The van der Waals surface area contributed by atoms with Crippen LogP contribution < -0.4 is 11.2 Å². The Hall–Kier alpha value is -2.29. The maximum Gasteiger partial charge on any atom is 0.350 e. The van der Waals surface area contributed by atoms with Gasteiger partial charge in [-0.2, -0.15) is 0 Å². The average Bonchev–Trinajstić information content (AvgIpc) is 2.74. The van der Waals surface area contributed by atoms with Crippen molar-refractivity contribution in [3.05, 3.63) is 53.7 Å². The third kappa shape index (κ3) is 2.28. The van der Waals surface area contributed by atoms with Gasteiger partial charge in [0.25, 0.3) is 0 Å². The van der Waals surface area contributed by atoms with Crippen LogP contribution in [0.5, 0.6) is 0 Å². The van der Waals surface area contributed by atoms with Gasteiger partial charge in [-0.1, -0.05) is 0 Å². The van der Waals surface area contributed by atoms with E-state index in [2.05, 4.69) is 4.98 Å². The Bertz CT molecular complexity index is 657. The summed E-state index contributed by atoms with van der Waals surface area (Å²) in [5.41, 5.74) is -2.37. The van der Waals surface area contributed by atoms with Crippen molar-refractivity contribution in [2.75, 3.05) is 0 Å². The first-order valence-corrected chi connectivity index (χ1v) is 5.32. The highest BCUT2D eigenvalue weighted by Gasteiger charge is 2.15. The first-order valence-electron chi connectivity index (χ1n) is 4.44. The smallest absolute Gasteiger partial charge is 0.287 e. The quantitative estimate of drug-likeness (QED) is 0.609. The Morgan fingerprint density at radius 1 is 1.53 bits per heavy atom. The number of nitrogens with one attached hydrogen (secondary N) is 1. The second kappa shape index (κ2) is 4.29. The van der Waals surface area contributed by atoms with Gasteiger partial charge in [0.05, 0.1) is 17.7 Å². The van der Waals surface area contributed by atoms with Gasteiger partial charge >= 0.3 is 16.9 Å². The minimum atomic E-state index is -1.00. The summed E-state index contributed by atoms with van der Waals surface area (Å²) in [6, 6.07) is 0. The van der Waals surface area contributed by atoms with Crippen LogP contribution in [-0.2, 0) is 6.54 Å². The van der Waals surface area contributed by atoms with Crippen molar-refractivity contribution in [1.82, 2.24) is 14.5 Å². The van der Waals surface area contributed by atoms with Crippen LogP contribution >= 0.6 is 11.3 Å². The highest BCUT2D eigenvalue weighted by Crippen LogP contribution is 2.06. The highest BCUT2D eigenvalue weighted by molar-refractivity contribution is 7.09. The second-order valence-electron chi connectivity index (χ2n) is 3.08. The molecular weight excluding hydrogens is 248 g/mol. The van der Waals surface area contributed by atoms with Gasteiger partial charge in [0.1, 0.15) is 5.01 Å². The first-order chi connectivity index (χ1) is 8.08. The number of thiazole rings is 1. The molecule has 0 atom stereocenters. The van der Waals surface area contributed by atoms with Crippen molar-refractivity contribution < 1.29 is 4.92 Å². The monoisotopic (exact) mass is 254 g/mol. The predicted octanol–water partition coefficient (Wildman–Crippen LogP) is -0.0504. The Labute approximate surface area is 97.3 Å². The minimum Gasteiger partial charge on any atom is -0.287 e. The standard InChI is InChI=1S/C8H6N4O4S/c13-7-5(12(15)16)3-11(8(14)10-7)4-6-9-1-2-17-6/h1-3H,4H2,(H,10,13,14). The molecule has 0 aliphatic heterocycles. The summed E-state index contributed by atoms with van der Waals surface area (Å²) < 4.78 is 1.04. The maximum absolute atomic E-state index is 11.4. The normalized spacial score (nSPS) is 10.4. The van der Waals surface area contributed by atoms with Crippen LogP contribution in [0.15, 0.2) is 27.4 Å². The maximum atomic E-state index is 11.4. The molecule has 1 N–H and O–H groups in total. The molecule has 88 valence electrons. The molecule has 17 heavy (non-hydrogen) atoms. The summed E-state index contributed by atoms with van der Waals surface area (Å²) >= 11 is 1.31. The predicted molar refractivity (Wildman–Crippen MR) is 59.2 cm³/mol. The van der Waals surface area contributed by atoms with Crippen molar-refractivity contribution in [1.29, 1.82) is 0 Å². The van der Waals surface area contributed by atoms with Crippen LogP contribution in [-0.4, -0.2) is 19.5 Å². The topological polar surface area (TPSA) is 111 Å². The molecule has 2 aromatic rings. The third-order valence-corrected chi connectivity index (χ3v) is 2.74. The van der Waals surface area contributed by atoms with Crippen LogP contribution in [0.1, 0.15) is 5.01 Å². The molecule has 0 radical (unpaired) electrons. The lowest BCUT2D eigenvalue weighted by Crippen LogP contribution is -2.31. The van der Waals surface area contributed by atoms with Crippen LogP contribution in [0.4, 0.5) is 5.69 Å². The Kier molecular flexibility index (Phi) is 2.83. The lowest BCUT2D eigenvalue weighted by molar-refractivity contribution is -0.386. The van der Waals surface area contributed by atoms with Gasteiger partial charge in [-0.3, -0.25) is 24.5 Å². The summed E-state index contributed by atoms with van der Waals surface area (Å²) in [5, 5.41) is 12.9. The number of H-pyrrole nitrogens is 1. The van der Waals surface area contributed by atoms with E-state index in [-0.39, 0.29) is 6.54 Å². The zero-order valence-corrected chi connectivity index (χ0v) is 9.14. The van der Waals surface area contributed by atoms with E-state index < -0.39 is 21.9 Å². The molecule has 0 spiro atoms. The van der Waals surface area contributed by atoms with Crippen molar-refractivity contribution in [3.63, 3.8) is 0 Å². The summed E-state index contributed by atoms with van der Waals surface area (Å²) in [6.07, 6.45) is 2.48. The largest absolute Gasteiger partial charge is 0.350 e. The molecule has 9 heteroatoms. The van der Waals surface area contributed by atoms with E-state index in [1.54, 1.807) is 11.6 Å². The van der Waals surface area contributed by atoms with Gasteiger partial charge in [-0.25, -0.2) is 9.78 Å². The molecule has 0 saturated heterocycles. The molecule has 0 saturated carbocycles. The van der Waals surface area contributed by atoms with E-state index in [1.165, 1.54) is 11.3 Å². The molecule has 0 aliphatic carbocycles. The molecule has 0 amide bonds. The van der Waals surface area contributed by atoms with Gasteiger partial charge in [0, 0.05) is 11.6 Å². The molecule has 0 unspecified atom stereocenters. The van der Waals surface area contributed by atoms with Crippen molar-refractivity contribution in [3.8, 4) is 0 Å². The van der Waals surface area contributed by atoms with E-state index in [4.69, 9.17) is 0 Å². The summed E-state index contributed by atoms with van der Waals surface area (Å²) in [6.45, 7) is 0.0914.